The number of carbonyl (C=O) groups is 2. The second kappa shape index (κ2) is 6.61. The molecule has 2 amide bonds. The molecule has 5 heteroatoms. The maximum absolute atomic E-state index is 12.3. The van der Waals surface area contributed by atoms with E-state index >= 15 is 0 Å². The van der Waals surface area contributed by atoms with Crippen molar-refractivity contribution in [3.05, 3.63) is 29.8 Å². The maximum Gasteiger partial charge on any atom is 0.254 e. The van der Waals surface area contributed by atoms with Gasteiger partial charge >= 0.3 is 0 Å². The van der Waals surface area contributed by atoms with Crippen LogP contribution in [0.15, 0.2) is 24.3 Å². The van der Waals surface area contributed by atoms with Crippen molar-refractivity contribution in [3.8, 4) is 0 Å². The molecular formula is C16H25N3O2. The van der Waals surface area contributed by atoms with Gasteiger partial charge in [-0.05, 0) is 45.0 Å². The number of hydrogen-bond donors (Lipinski definition) is 1. The molecule has 116 valence electrons. The van der Waals surface area contributed by atoms with Gasteiger partial charge in [-0.2, -0.15) is 0 Å². The predicted octanol–water partition coefficient (Wildman–Crippen LogP) is 1.74. The summed E-state index contributed by atoms with van der Waals surface area (Å²) in [6, 6.07) is 7.32. The zero-order valence-corrected chi connectivity index (χ0v) is 13.7. The molecule has 1 rings (SSSR count). The van der Waals surface area contributed by atoms with Gasteiger partial charge < -0.3 is 15.1 Å². The minimum atomic E-state index is -0.297. The average Bonchev–Trinajstić information content (AvgIpc) is 2.35. The second-order valence-electron chi connectivity index (χ2n) is 6.40. The van der Waals surface area contributed by atoms with Gasteiger partial charge in [-0.1, -0.05) is 0 Å². The van der Waals surface area contributed by atoms with Crippen molar-refractivity contribution in [1.29, 1.82) is 0 Å². The van der Waals surface area contributed by atoms with Crippen molar-refractivity contribution < 1.29 is 9.59 Å². The molecule has 0 radical (unpaired) electrons. The van der Waals surface area contributed by atoms with Gasteiger partial charge in [0.25, 0.3) is 5.91 Å². The van der Waals surface area contributed by atoms with Crippen LogP contribution in [0.3, 0.4) is 0 Å². The first-order valence-corrected chi connectivity index (χ1v) is 6.94. The van der Waals surface area contributed by atoms with Crippen molar-refractivity contribution in [2.45, 2.75) is 26.3 Å². The Kier molecular flexibility index (Phi) is 5.35. The summed E-state index contributed by atoms with van der Waals surface area (Å²) in [6.07, 6.45) is 0. The third kappa shape index (κ3) is 5.45. The minimum Gasteiger partial charge on any atom is -0.378 e. The summed E-state index contributed by atoms with van der Waals surface area (Å²) in [5.41, 5.74) is 1.31. The smallest absolute Gasteiger partial charge is 0.254 e. The topological polar surface area (TPSA) is 52.7 Å². The van der Waals surface area contributed by atoms with Crippen LogP contribution in [-0.4, -0.2) is 49.9 Å². The lowest BCUT2D eigenvalue weighted by Gasteiger charge is -2.23. The van der Waals surface area contributed by atoms with Crippen molar-refractivity contribution in [2.75, 3.05) is 32.6 Å². The molecule has 1 N–H and O–H groups in total. The van der Waals surface area contributed by atoms with E-state index in [0.717, 1.165) is 5.69 Å². The molecule has 0 saturated carbocycles. The Hall–Kier alpha value is -2.04. The molecule has 5 nitrogen and oxygen atoms in total. The van der Waals surface area contributed by atoms with Gasteiger partial charge in [-0.15, -0.1) is 0 Å². The van der Waals surface area contributed by atoms with E-state index in [1.165, 1.54) is 4.90 Å². The molecule has 0 unspecified atom stereocenters. The van der Waals surface area contributed by atoms with Crippen LogP contribution in [0.25, 0.3) is 0 Å². The summed E-state index contributed by atoms with van der Waals surface area (Å²) in [6.45, 7) is 5.78. The van der Waals surface area contributed by atoms with E-state index in [1.807, 2.05) is 51.9 Å². The lowest BCUT2D eigenvalue weighted by atomic mass is 10.1. The Morgan fingerprint density at radius 1 is 1.05 bits per heavy atom. The molecule has 0 bridgehead atoms. The van der Waals surface area contributed by atoms with Gasteiger partial charge in [0.15, 0.2) is 0 Å². The van der Waals surface area contributed by atoms with Crippen LogP contribution in [0.2, 0.25) is 0 Å². The number of benzene rings is 1. The molecule has 0 saturated heterocycles. The van der Waals surface area contributed by atoms with E-state index in [1.54, 1.807) is 19.2 Å². The third-order valence-corrected chi connectivity index (χ3v) is 2.87. The molecule has 0 aliphatic carbocycles. The Morgan fingerprint density at radius 2 is 1.57 bits per heavy atom. The predicted molar refractivity (Wildman–Crippen MR) is 85.6 cm³/mol. The van der Waals surface area contributed by atoms with Crippen LogP contribution in [-0.2, 0) is 4.79 Å². The molecule has 0 atom stereocenters. The van der Waals surface area contributed by atoms with Crippen LogP contribution in [0.1, 0.15) is 31.1 Å². The van der Waals surface area contributed by atoms with Gasteiger partial charge in [0.1, 0.15) is 0 Å². The summed E-state index contributed by atoms with van der Waals surface area (Å²) in [5, 5.41) is 2.84. The van der Waals surface area contributed by atoms with Gasteiger partial charge in [0.05, 0.1) is 6.54 Å². The average molecular weight is 291 g/mol. The summed E-state index contributed by atoms with van der Waals surface area (Å²) in [4.78, 5) is 27.5. The summed E-state index contributed by atoms with van der Waals surface area (Å²) in [7, 11) is 5.52. The van der Waals surface area contributed by atoms with E-state index in [2.05, 4.69) is 5.32 Å². The fourth-order valence-electron chi connectivity index (χ4n) is 1.87. The number of nitrogens with zero attached hydrogens (tertiary/aromatic N) is 2. The van der Waals surface area contributed by atoms with E-state index in [-0.39, 0.29) is 23.9 Å². The molecule has 0 heterocycles. The largest absolute Gasteiger partial charge is 0.378 e. The number of likely N-dealkylation sites (N-methyl/N-ethyl adjacent to an activating group) is 1. The fraction of sp³-hybridized carbons (Fsp3) is 0.500. The van der Waals surface area contributed by atoms with E-state index in [4.69, 9.17) is 0 Å². The highest BCUT2D eigenvalue weighted by Gasteiger charge is 2.18. The Labute approximate surface area is 126 Å². The number of rotatable bonds is 4. The number of hydrogen-bond acceptors (Lipinski definition) is 3. The van der Waals surface area contributed by atoms with Crippen molar-refractivity contribution in [2.24, 2.45) is 0 Å². The van der Waals surface area contributed by atoms with Crippen molar-refractivity contribution >= 4 is 17.5 Å². The highest BCUT2D eigenvalue weighted by molar-refractivity contribution is 5.96. The van der Waals surface area contributed by atoms with Gasteiger partial charge in [-0.25, -0.2) is 0 Å². The first-order chi connectivity index (χ1) is 9.60. The van der Waals surface area contributed by atoms with E-state index in [9.17, 15) is 9.59 Å². The van der Waals surface area contributed by atoms with E-state index < -0.39 is 0 Å². The maximum atomic E-state index is 12.3. The molecular weight excluding hydrogens is 266 g/mol. The van der Waals surface area contributed by atoms with Crippen LogP contribution >= 0.6 is 0 Å². The van der Waals surface area contributed by atoms with Crippen LogP contribution < -0.4 is 10.2 Å². The summed E-state index contributed by atoms with van der Waals surface area (Å²) >= 11 is 0. The normalized spacial score (nSPS) is 11.0. The van der Waals surface area contributed by atoms with Crippen LogP contribution in [0, 0.1) is 0 Å². The standard InChI is InChI=1S/C16H25N3O2/c1-16(2,3)17-14(20)11-19(6)15(21)12-7-9-13(10-8-12)18(4)5/h7-10H,11H2,1-6H3,(H,17,20). The third-order valence-electron chi connectivity index (χ3n) is 2.87. The van der Waals surface area contributed by atoms with Crippen molar-refractivity contribution in [1.82, 2.24) is 10.2 Å². The van der Waals surface area contributed by atoms with Crippen LogP contribution in [0.5, 0.6) is 0 Å². The highest BCUT2D eigenvalue weighted by Crippen LogP contribution is 2.13. The Balaban J connectivity index is 2.68. The van der Waals surface area contributed by atoms with Gasteiger partial charge in [0, 0.05) is 37.9 Å². The molecule has 0 aliphatic rings. The Bertz CT molecular complexity index is 501. The molecule has 1 aromatic rings. The molecule has 0 aromatic heterocycles. The Morgan fingerprint density at radius 3 is 2.00 bits per heavy atom. The second-order valence-corrected chi connectivity index (χ2v) is 6.40. The summed E-state index contributed by atoms with van der Waals surface area (Å²) in [5.74, 6) is -0.326. The molecule has 0 fully saturated rings. The van der Waals surface area contributed by atoms with Crippen molar-refractivity contribution in [3.63, 3.8) is 0 Å². The lowest BCUT2D eigenvalue weighted by Crippen LogP contribution is -2.46. The fourth-order valence-corrected chi connectivity index (χ4v) is 1.87. The zero-order chi connectivity index (χ0) is 16.2. The lowest BCUT2D eigenvalue weighted by molar-refractivity contribution is -0.122. The van der Waals surface area contributed by atoms with Gasteiger partial charge in [0.2, 0.25) is 5.91 Å². The zero-order valence-electron chi connectivity index (χ0n) is 13.7. The number of nitrogens with one attached hydrogen (secondary N) is 1. The molecule has 0 aliphatic heterocycles. The highest BCUT2D eigenvalue weighted by atomic mass is 16.2. The monoisotopic (exact) mass is 291 g/mol. The first-order valence-electron chi connectivity index (χ1n) is 6.94. The molecule has 1 aromatic carbocycles. The first kappa shape index (κ1) is 17.0. The quantitative estimate of drug-likeness (QED) is 0.919. The number of carbonyl (C=O) groups excluding carboxylic acids is 2. The SMILES string of the molecule is CN(CC(=O)NC(C)(C)C)C(=O)c1ccc(N(C)C)cc1. The molecule has 0 spiro atoms. The molecule has 21 heavy (non-hydrogen) atoms. The number of amides is 2. The van der Waals surface area contributed by atoms with Gasteiger partial charge in [-0.3, -0.25) is 9.59 Å². The number of anilines is 1. The van der Waals surface area contributed by atoms with Crippen LogP contribution in [0.4, 0.5) is 5.69 Å². The minimum absolute atomic E-state index is 0.0472. The van der Waals surface area contributed by atoms with E-state index in [0.29, 0.717) is 5.56 Å². The summed E-state index contributed by atoms with van der Waals surface area (Å²) < 4.78 is 0.